The quantitative estimate of drug-likeness (QED) is 0.765. The van der Waals surface area contributed by atoms with Crippen LogP contribution in [0, 0.1) is 11.6 Å². The summed E-state index contributed by atoms with van der Waals surface area (Å²) < 4.78 is 25.6. The van der Waals surface area contributed by atoms with Crippen LogP contribution in [0.15, 0.2) is 23.6 Å². The zero-order chi connectivity index (χ0) is 11.5. The number of nitrogens with zero attached hydrogens (tertiary/aromatic N) is 1. The highest BCUT2D eigenvalue weighted by molar-refractivity contribution is 7.09. The second-order valence-electron chi connectivity index (χ2n) is 3.29. The van der Waals surface area contributed by atoms with Crippen LogP contribution in [-0.4, -0.2) is 4.98 Å². The normalized spacial score (nSPS) is 10.7. The fourth-order valence-electron chi connectivity index (χ4n) is 1.32. The maximum absolute atomic E-state index is 12.9. The average molecular weight is 260 g/mol. The first-order valence-corrected chi connectivity index (χ1v) is 6.03. The van der Waals surface area contributed by atoms with Crippen molar-refractivity contribution in [2.24, 2.45) is 0 Å². The van der Waals surface area contributed by atoms with Gasteiger partial charge in [-0.25, -0.2) is 13.8 Å². The lowest BCUT2D eigenvalue weighted by atomic mass is 10.1. The Morgan fingerprint density at radius 3 is 2.69 bits per heavy atom. The van der Waals surface area contributed by atoms with Crippen LogP contribution in [0.4, 0.5) is 8.78 Å². The Morgan fingerprint density at radius 1 is 1.25 bits per heavy atom. The third-order valence-electron chi connectivity index (χ3n) is 2.08. The molecule has 84 valence electrons. The number of alkyl halides is 1. The maximum atomic E-state index is 12.9. The van der Waals surface area contributed by atoms with Crippen LogP contribution in [0.5, 0.6) is 0 Å². The molecule has 16 heavy (non-hydrogen) atoms. The van der Waals surface area contributed by atoms with Gasteiger partial charge in [0.15, 0.2) is 11.6 Å². The van der Waals surface area contributed by atoms with Gasteiger partial charge < -0.3 is 0 Å². The average Bonchev–Trinajstić information content (AvgIpc) is 2.71. The lowest BCUT2D eigenvalue weighted by Gasteiger charge is -1.99. The number of hydrogen-bond donors (Lipinski definition) is 0. The number of rotatable bonds is 3. The molecule has 0 amide bonds. The zero-order valence-electron chi connectivity index (χ0n) is 8.21. The SMILES string of the molecule is Fc1ccc(Cc2nc(CCl)cs2)cc1F. The molecule has 1 nitrogen and oxygen atoms in total. The predicted octanol–water partition coefficient (Wildman–Crippen LogP) is 3.75. The molecule has 2 rings (SSSR count). The Hall–Kier alpha value is -1.00. The van der Waals surface area contributed by atoms with Gasteiger partial charge in [-0.1, -0.05) is 6.07 Å². The number of halogens is 3. The molecule has 0 saturated carbocycles. The van der Waals surface area contributed by atoms with Crippen molar-refractivity contribution in [2.75, 3.05) is 0 Å². The van der Waals surface area contributed by atoms with Gasteiger partial charge in [-0.3, -0.25) is 0 Å². The molecule has 0 bridgehead atoms. The molecule has 2 aromatic rings. The molecule has 0 aliphatic rings. The standard InChI is InChI=1S/C11H8ClF2NS/c12-5-8-6-16-11(15-8)4-7-1-2-9(13)10(14)3-7/h1-3,6H,4-5H2. The molecular formula is C11H8ClF2NS. The lowest BCUT2D eigenvalue weighted by molar-refractivity contribution is 0.507. The highest BCUT2D eigenvalue weighted by atomic mass is 35.5. The monoisotopic (exact) mass is 259 g/mol. The van der Waals surface area contributed by atoms with E-state index in [1.807, 2.05) is 5.38 Å². The summed E-state index contributed by atoms with van der Waals surface area (Å²) in [6.45, 7) is 0. The molecule has 0 N–H and O–H groups in total. The predicted molar refractivity (Wildman–Crippen MR) is 60.8 cm³/mol. The molecule has 0 saturated heterocycles. The summed E-state index contributed by atoms with van der Waals surface area (Å²) in [6, 6.07) is 3.87. The van der Waals surface area contributed by atoms with E-state index >= 15 is 0 Å². The first-order chi connectivity index (χ1) is 7.69. The van der Waals surface area contributed by atoms with Crippen molar-refractivity contribution in [3.8, 4) is 0 Å². The third kappa shape index (κ3) is 2.57. The fourth-order valence-corrected chi connectivity index (χ4v) is 2.37. The maximum Gasteiger partial charge on any atom is 0.159 e. The van der Waals surface area contributed by atoms with Gasteiger partial charge in [-0.05, 0) is 17.7 Å². The molecule has 0 aliphatic heterocycles. The van der Waals surface area contributed by atoms with E-state index in [2.05, 4.69) is 4.98 Å². The van der Waals surface area contributed by atoms with Crippen molar-refractivity contribution in [3.05, 3.63) is 51.5 Å². The summed E-state index contributed by atoms with van der Waals surface area (Å²) >= 11 is 7.09. The van der Waals surface area contributed by atoms with E-state index < -0.39 is 11.6 Å². The van der Waals surface area contributed by atoms with E-state index in [1.54, 1.807) is 6.07 Å². The summed E-state index contributed by atoms with van der Waals surface area (Å²) in [5, 5.41) is 2.71. The second kappa shape index (κ2) is 4.89. The van der Waals surface area contributed by atoms with E-state index in [0.29, 0.717) is 17.9 Å². The number of hydrogen-bond acceptors (Lipinski definition) is 2. The van der Waals surface area contributed by atoms with Gasteiger partial charge >= 0.3 is 0 Å². The summed E-state index contributed by atoms with van der Waals surface area (Å²) in [6.07, 6.45) is 0.499. The third-order valence-corrected chi connectivity index (χ3v) is 3.25. The Kier molecular flexibility index (Phi) is 3.51. The molecule has 1 aromatic carbocycles. The molecule has 0 fully saturated rings. The highest BCUT2D eigenvalue weighted by Gasteiger charge is 2.06. The van der Waals surface area contributed by atoms with Crippen LogP contribution in [-0.2, 0) is 12.3 Å². The number of aromatic nitrogens is 1. The van der Waals surface area contributed by atoms with Gasteiger partial charge in [0.05, 0.1) is 16.6 Å². The van der Waals surface area contributed by atoms with Crippen LogP contribution in [0.2, 0.25) is 0 Å². The molecular weight excluding hydrogens is 252 g/mol. The first-order valence-electron chi connectivity index (χ1n) is 4.62. The van der Waals surface area contributed by atoms with Gasteiger partial charge in [-0.2, -0.15) is 0 Å². The van der Waals surface area contributed by atoms with E-state index in [4.69, 9.17) is 11.6 Å². The van der Waals surface area contributed by atoms with Gasteiger partial charge in [0.2, 0.25) is 0 Å². The minimum atomic E-state index is -0.829. The molecule has 0 spiro atoms. The summed E-state index contributed by atoms with van der Waals surface area (Å²) in [7, 11) is 0. The molecule has 1 aromatic heterocycles. The van der Waals surface area contributed by atoms with Gasteiger partial charge in [0.25, 0.3) is 0 Å². The molecule has 0 unspecified atom stereocenters. The van der Waals surface area contributed by atoms with E-state index in [-0.39, 0.29) is 0 Å². The molecule has 1 heterocycles. The van der Waals surface area contributed by atoms with Gasteiger partial charge in [0.1, 0.15) is 0 Å². The van der Waals surface area contributed by atoms with Crippen LogP contribution in [0.1, 0.15) is 16.3 Å². The van der Waals surface area contributed by atoms with E-state index in [1.165, 1.54) is 17.4 Å². The van der Waals surface area contributed by atoms with Crippen molar-refractivity contribution in [1.29, 1.82) is 0 Å². The first kappa shape index (κ1) is 11.5. The Bertz CT molecular complexity index is 498. The molecule has 0 aliphatic carbocycles. The highest BCUT2D eigenvalue weighted by Crippen LogP contribution is 2.17. The molecule has 0 atom stereocenters. The van der Waals surface area contributed by atoms with Crippen molar-refractivity contribution >= 4 is 22.9 Å². The van der Waals surface area contributed by atoms with Crippen molar-refractivity contribution in [1.82, 2.24) is 4.98 Å². The lowest BCUT2D eigenvalue weighted by Crippen LogP contribution is -1.91. The largest absolute Gasteiger partial charge is 0.245 e. The van der Waals surface area contributed by atoms with Crippen LogP contribution < -0.4 is 0 Å². The molecule has 0 radical (unpaired) electrons. The minimum Gasteiger partial charge on any atom is -0.245 e. The van der Waals surface area contributed by atoms with Crippen molar-refractivity contribution < 1.29 is 8.78 Å². The number of benzene rings is 1. The van der Waals surface area contributed by atoms with E-state index in [0.717, 1.165) is 16.8 Å². The summed E-state index contributed by atoms with van der Waals surface area (Å²) in [5.74, 6) is -1.29. The molecule has 5 heteroatoms. The Balaban J connectivity index is 2.17. The Labute approximate surface area is 101 Å². The fraction of sp³-hybridized carbons (Fsp3) is 0.182. The van der Waals surface area contributed by atoms with E-state index in [9.17, 15) is 8.78 Å². The smallest absolute Gasteiger partial charge is 0.159 e. The van der Waals surface area contributed by atoms with Gasteiger partial charge in [-0.15, -0.1) is 22.9 Å². The Morgan fingerprint density at radius 2 is 2.06 bits per heavy atom. The zero-order valence-corrected chi connectivity index (χ0v) is 9.79. The number of thiazole rings is 1. The van der Waals surface area contributed by atoms with Crippen molar-refractivity contribution in [2.45, 2.75) is 12.3 Å². The second-order valence-corrected chi connectivity index (χ2v) is 4.50. The van der Waals surface area contributed by atoms with Crippen LogP contribution >= 0.6 is 22.9 Å². The van der Waals surface area contributed by atoms with Gasteiger partial charge in [0, 0.05) is 11.8 Å². The van der Waals surface area contributed by atoms with Crippen molar-refractivity contribution in [3.63, 3.8) is 0 Å². The minimum absolute atomic E-state index is 0.369. The van der Waals surface area contributed by atoms with Crippen LogP contribution in [0.3, 0.4) is 0 Å². The van der Waals surface area contributed by atoms with Crippen LogP contribution in [0.25, 0.3) is 0 Å². The topological polar surface area (TPSA) is 12.9 Å². The summed E-state index contributed by atoms with van der Waals surface area (Å²) in [4.78, 5) is 4.25. The summed E-state index contributed by atoms with van der Waals surface area (Å²) in [5.41, 5.74) is 1.51.